The Hall–Kier alpha value is -7.73. The van der Waals surface area contributed by atoms with Crippen LogP contribution < -0.4 is 19.9 Å². The molecule has 12 nitrogen and oxygen atoms in total. The highest BCUT2D eigenvalue weighted by molar-refractivity contribution is 6.40. The quantitative estimate of drug-likeness (QED) is 0.111. The third-order valence-electron chi connectivity index (χ3n) is 11.6. The van der Waals surface area contributed by atoms with E-state index in [1.165, 1.54) is 47.4 Å². The van der Waals surface area contributed by atoms with Crippen molar-refractivity contribution >= 4 is 56.7 Å². The van der Waals surface area contributed by atoms with Crippen LogP contribution in [0.1, 0.15) is 106 Å². The number of nitrogens with one attached hydrogen (secondary N) is 1. The fraction of sp³-hybridized carbons (Fsp3) is 0.146. The maximum absolute atomic E-state index is 14.7. The molecule has 294 valence electrons. The summed E-state index contributed by atoms with van der Waals surface area (Å²) in [6.45, 7) is 1.98. The SMILES string of the molecule is Cc1cccc(Oc2cccc(Oc3ccc(C4CCCC4)c(N4C(=O)c5ccc6c7c(ccc(c57)C4=O)C(=O)C(c4nc5cc(C(=O)O)ccc5c(=O)[nH]4)C6=O)c3)c2)c1. The number of Topliss-reactive ketones (excluding diaryl/α,β-unsaturated/α-hetero) is 2. The molecule has 0 unspecified atom stereocenters. The molecule has 2 amide bonds. The number of hydrogen-bond donors (Lipinski definition) is 2. The molecule has 60 heavy (non-hydrogen) atoms. The van der Waals surface area contributed by atoms with Gasteiger partial charge in [0.05, 0.1) is 22.2 Å². The van der Waals surface area contributed by atoms with Gasteiger partial charge in [-0.1, -0.05) is 37.1 Å². The number of anilines is 1. The molecule has 3 aliphatic rings. The smallest absolute Gasteiger partial charge is 0.335 e. The van der Waals surface area contributed by atoms with Gasteiger partial charge in [-0.15, -0.1) is 0 Å². The van der Waals surface area contributed by atoms with E-state index in [2.05, 4.69) is 9.97 Å². The Balaban J connectivity index is 1.02. The van der Waals surface area contributed by atoms with E-state index < -0.39 is 40.8 Å². The van der Waals surface area contributed by atoms with Gasteiger partial charge in [0.1, 0.15) is 34.7 Å². The molecule has 2 N–H and O–H groups in total. The van der Waals surface area contributed by atoms with Crippen molar-refractivity contribution in [2.75, 3.05) is 4.90 Å². The average Bonchev–Trinajstić information content (AvgIpc) is 3.77. The predicted octanol–water partition coefficient (Wildman–Crippen LogP) is 9.29. The number of nitrogens with zero attached hydrogens (tertiary/aromatic N) is 2. The van der Waals surface area contributed by atoms with Gasteiger partial charge >= 0.3 is 5.97 Å². The number of aryl methyl sites for hydroxylation is 1. The topological polar surface area (TPSA) is 173 Å². The van der Waals surface area contributed by atoms with Gasteiger partial charge in [0.2, 0.25) is 0 Å². The van der Waals surface area contributed by atoms with Gasteiger partial charge in [0.15, 0.2) is 11.6 Å². The van der Waals surface area contributed by atoms with Crippen molar-refractivity contribution in [2.45, 2.75) is 44.4 Å². The molecule has 6 aromatic carbocycles. The second kappa shape index (κ2) is 14.0. The molecule has 10 rings (SSSR count). The van der Waals surface area contributed by atoms with Crippen LogP contribution in [0.4, 0.5) is 5.69 Å². The van der Waals surface area contributed by atoms with Crippen molar-refractivity contribution in [1.82, 2.24) is 9.97 Å². The van der Waals surface area contributed by atoms with Gasteiger partial charge in [-0.3, -0.25) is 24.0 Å². The molecule has 0 spiro atoms. The molecule has 1 aliphatic heterocycles. The average molecular weight is 796 g/mol. The first-order valence-corrected chi connectivity index (χ1v) is 19.5. The summed E-state index contributed by atoms with van der Waals surface area (Å²) in [6.07, 6.45) is 3.82. The summed E-state index contributed by atoms with van der Waals surface area (Å²) in [5.41, 5.74) is 2.00. The number of H-pyrrole nitrogens is 1. The monoisotopic (exact) mass is 795 g/mol. The summed E-state index contributed by atoms with van der Waals surface area (Å²) < 4.78 is 12.4. The van der Waals surface area contributed by atoms with Crippen LogP contribution in [0, 0.1) is 6.92 Å². The molecule has 0 atom stereocenters. The summed E-state index contributed by atoms with van der Waals surface area (Å²) in [5.74, 6) is -3.38. The van der Waals surface area contributed by atoms with Gasteiger partial charge in [0, 0.05) is 45.2 Å². The van der Waals surface area contributed by atoms with Crippen LogP contribution in [-0.2, 0) is 0 Å². The van der Waals surface area contributed by atoms with Gasteiger partial charge in [-0.2, -0.15) is 0 Å². The number of fused-ring (bicyclic) bond motifs is 1. The maximum atomic E-state index is 14.7. The number of ether oxygens (including phenoxy) is 2. The van der Waals surface area contributed by atoms with Gasteiger partial charge < -0.3 is 19.6 Å². The summed E-state index contributed by atoms with van der Waals surface area (Å²) >= 11 is 0. The Morgan fingerprint density at radius 3 is 1.90 bits per heavy atom. The minimum absolute atomic E-state index is 0.00804. The fourth-order valence-corrected chi connectivity index (χ4v) is 8.84. The number of amides is 2. The van der Waals surface area contributed by atoms with E-state index in [-0.39, 0.29) is 61.2 Å². The molecular weight excluding hydrogens is 763 g/mol. The Labute approximate surface area is 341 Å². The number of hydrogen-bond acceptors (Lipinski definition) is 9. The lowest BCUT2D eigenvalue weighted by Gasteiger charge is -2.32. The zero-order chi connectivity index (χ0) is 41.4. The first-order valence-electron chi connectivity index (χ1n) is 19.5. The molecule has 7 aromatic rings. The standard InChI is InChI=1S/C48H33N3O9/c1-24-6-4-9-27(20-24)59-28-10-5-11-29(22-28)60-30-13-15-31(25-7-2-3-8-25)38(23-30)51-46(55)35-18-16-33-39-34(17-19-36(40(35)39)47(51)56)43(53)41(42(33)52)44-49-37-21-26(48(57)58)12-14-32(37)45(54)50-44/h4-6,9-23,25,41H,2-3,7-8H2,1H3,(H,57,58)(H,49,50,54). The third-order valence-corrected chi connectivity index (χ3v) is 11.6. The minimum atomic E-state index is -1.56. The van der Waals surface area contributed by atoms with E-state index in [0.29, 0.717) is 28.7 Å². The maximum Gasteiger partial charge on any atom is 0.335 e. The molecule has 1 fully saturated rings. The van der Waals surface area contributed by atoms with E-state index >= 15 is 0 Å². The molecule has 2 heterocycles. The van der Waals surface area contributed by atoms with Crippen LogP contribution in [0.25, 0.3) is 21.7 Å². The first-order chi connectivity index (χ1) is 29.0. The number of benzene rings is 6. The van der Waals surface area contributed by atoms with Crippen LogP contribution in [-0.4, -0.2) is 44.4 Å². The number of ketones is 2. The van der Waals surface area contributed by atoms with Crippen LogP contribution in [0.2, 0.25) is 0 Å². The van der Waals surface area contributed by atoms with Gasteiger partial charge in [-0.05, 0) is 110 Å². The van der Waals surface area contributed by atoms with Crippen LogP contribution in [0.3, 0.4) is 0 Å². The van der Waals surface area contributed by atoms with Crippen molar-refractivity contribution in [3.05, 3.63) is 164 Å². The van der Waals surface area contributed by atoms with Crippen molar-refractivity contribution in [3.63, 3.8) is 0 Å². The number of carbonyl (C=O) groups is 5. The van der Waals surface area contributed by atoms with Crippen LogP contribution in [0.15, 0.2) is 114 Å². The normalized spacial score (nSPS) is 15.3. The summed E-state index contributed by atoms with van der Waals surface area (Å²) in [7, 11) is 0. The zero-order valence-corrected chi connectivity index (χ0v) is 32.0. The number of rotatable bonds is 8. The number of aromatic carboxylic acids is 1. The minimum Gasteiger partial charge on any atom is -0.478 e. The zero-order valence-electron chi connectivity index (χ0n) is 32.0. The molecule has 0 saturated heterocycles. The summed E-state index contributed by atoms with van der Waals surface area (Å²) in [5, 5.41) is 9.96. The Kier molecular flexibility index (Phi) is 8.53. The third kappa shape index (κ3) is 5.95. The van der Waals surface area contributed by atoms with Crippen LogP contribution >= 0.6 is 0 Å². The second-order valence-corrected chi connectivity index (χ2v) is 15.4. The molecule has 0 bridgehead atoms. The molecule has 1 aromatic heterocycles. The summed E-state index contributed by atoms with van der Waals surface area (Å²) in [6, 6.07) is 30.0. The predicted molar refractivity (Wildman–Crippen MR) is 221 cm³/mol. The largest absolute Gasteiger partial charge is 0.478 e. The van der Waals surface area contributed by atoms with E-state index in [9.17, 15) is 33.9 Å². The molecule has 0 radical (unpaired) electrons. The molecule has 1 saturated carbocycles. The molecule has 12 heteroatoms. The highest BCUT2D eigenvalue weighted by Gasteiger charge is 2.43. The summed E-state index contributed by atoms with van der Waals surface area (Å²) in [4.78, 5) is 90.7. The van der Waals surface area contributed by atoms with Crippen molar-refractivity contribution in [2.24, 2.45) is 0 Å². The van der Waals surface area contributed by atoms with Gasteiger partial charge in [0.25, 0.3) is 17.4 Å². The van der Waals surface area contributed by atoms with E-state index in [1.807, 2.05) is 55.5 Å². The lowest BCUT2D eigenvalue weighted by Crippen LogP contribution is -2.42. The van der Waals surface area contributed by atoms with E-state index in [1.54, 1.807) is 18.2 Å². The van der Waals surface area contributed by atoms with Gasteiger partial charge in [-0.25, -0.2) is 14.7 Å². The first kappa shape index (κ1) is 36.6. The number of aromatic amines is 1. The van der Waals surface area contributed by atoms with E-state index in [4.69, 9.17) is 9.47 Å². The van der Waals surface area contributed by atoms with Crippen molar-refractivity contribution in [3.8, 4) is 23.0 Å². The van der Waals surface area contributed by atoms with Crippen molar-refractivity contribution < 1.29 is 38.6 Å². The highest BCUT2D eigenvalue weighted by Crippen LogP contribution is 2.46. The fourth-order valence-electron chi connectivity index (χ4n) is 8.84. The molecular formula is C48H33N3O9. The second-order valence-electron chi connectivity index (χ2n) is 15.4. The Bertz CT molecular complexity index is 3050. The number of carboxylic acids is 1. The van der Waals surface area contributed by atoms with E-state index in [0.717, 1.165) is 36.8 Å². The lowest BCUT2D eigenvalue weighted by molar-refractivity contribution is 0.0695. The van der Waals surface area contributed by atoms with Crippen LogP contribution in [0.5, 0.6) is 23.0 Å². The lowest BCUT2D eigenvalue weighted by atomic mass is 9.76. The molecule has 2 aliphatic carbocycles. The van der Waals surface area contributed by atoms with Crippen molar-refractivity contribution in [1.29, 1.82) is 0 Å². The number of carboxylic acid groups (broad SMARTS) is 1. The number of imide groups is 1. The Morgan fingerprint density at radius 1 is 0.683 bits per heavy atom. The highest BCUT2D eigenvalue weighted by atomic mass is 16.5. The number of aromatic nitrogens is 2. The Morgan fingerprint density at radius 2 is 1.27 bits per heavy atom. The number of carbonyl (C=O) groups excluding carboxylic acids is 4.